The number of thioether (sulfide) groups is 1. The van der Waals surface area contributed by atoms with Crippen molar-refractivity contribution in [1.29, 1.82) is 0 Å². The van der Waals surface area contributed by atoms with Gasteiger partial charge in [0.2, 0.25) is 0 Å². The predicted molar refractivity (Wildman–Crippen MR) is 81.7 cm³/mol. The summed E-state index contributed by atoms with van der Waals surface area (Å²) in [5, 5.41) is 2.83. The van der Waals surface area contributed by atoms with Crippen LogP contribution in [0.3, 0.4) is 0 Å². The minimum atomic E-state index is -0.641. The SMILES string of the molecule is CCNc1nc(N2CCSC(C)(C)CC2)c(F)cc1F. The third kappa shape index (κ3) is 3.53. The Morgan fingerprint density at radius 2 is 2.10 bits per heavy atom. The molecule has 0 atom stereocenters. The van der Waals surface area contributed by atoms with Crippen LogP contribution < -0.4 is 10.2 Å². The van der Waals surface area contributed by atoms with Crippen LogP contribution in [0.4, 0.5) is 20.4 Å². The molecule has 0 aromatic carbocycles. The summed E-state index contributed by atoms with van der Waals surface area (Å²) in [5.74, 6) is 0.0642. The van der Waals surface area contributed by atoms with Crippen LogP contribution in [0.5, 0.6) is 0 Å². The second-order valence-electron chi connectivity index (χ2n) is 5.50. The van der Waals surface area contributed by atoms with E-state index >= 15 is 0 Å². The Bertz CT molecular complexity index is 480. The van der Waals surface area contributed by atoms with Gasteiger partial charge in [0, 0.05) is 36.2 Å². The van der Waals surface area contributed by atoms with E-state index in [9.17, 15) is 8.78 Å². The van der Waals surface area contributed by atoms with E-state index in [0.717, 1.165) is 31.3 Å². The van der Waals surface area contributed by atoms with Crippen molar-refractivity contribution in [2.24, 2.45) is 0 Å². The minimum Gasteiger partial charge on any atom is -0.368 e. The monoisotopic (exact) mass is 301 g/mol. The quantitative estimate of drug-likeness (QED) is 0.924. The molecule has 0 aliphatic carbocycles. The van der Waals surface area contributed by atoms with Gasteiger partial charge in [-0.2, -0.15) is 11.8 Å². The molecule has 112 valence electrons. The minimum absolute atomic E-state index is 0.125. The summed E-state index contributed by atoms with van der Waals surface area (Å²) in [7, 11) is 0. The van der Waals surface area contributed by atoms with Crippen molar-refractivity contribution >= 4 is 23.4 Å². The van der Waals surface area contributed by atoms with Crippen molar-refractivity contribution in [2.75, 3.05) is 35.6 Å². The summed E-state index contributed by atoms with van der Waals surface area (Å²) in [6, 6.07) is 0.920. The Hall–Kier alpha value is -1.04. The maximum absolute atomic E-state index is 14.0. The van der Waals surface area contributed by atoms with Crippen LogP contribution in [0.15, 0.2) is 6.07 Å². The van der Waals surface area contributed by atoms with Crippen molar-refractivity contribution in [1.82, 2.24) is 4.98 Å². The zero-order chi connectivity index (χ0) is 14.8. The summed E-state index contributed by atoms with van der Waals surface area (Å²) in [6.45, 7) is 8.27. The fraction of sp³-hybridized carbons (Fsp3) is 0.643. The smallest absolute Gasteiger partial charge is 0.168 e. The van der Waals surface area contributed by atoms with Gasteiger partial charge in [-0.15, -0.1) is 0 Å². The molecule has 1 N–H and O–H groups in total. The molecule has 6 heteroatoms. The second-order valence-corrected chi connectivity index (χ2v) is 7.30. The molecule has 0 amide bonds. The lowest BCUT2D eigenvalue weighted by Gasteiger charge is -2.24. The Morgan fingerprint density at radius 1 is 1.35 bits per heavy atom. The fourth-order valence-electron chi connectivity index (χ4n) is 2.20. The molecule has 0 unspecified atom stereocenters. The number of rotatable bonds is 3. The van der Waals surface area contributed by atoms with E-state index in [-0.39, 0.29) is 16.4 Å². The van der Waals surface area contributed by atoms with Crippen LogP contribution in [0.1, 0.15) is 27.2 Å². The number of hydrogen-bond acceptors (Lipinski definition) is 4. The van der Waals surface area contributed by atoms with E-state index in [1.54, 1.807) is 0 Å². The topological polar surface area (TPSA) is 28.2 Å². The maximum Gasteiger partial charge on any atom is 0.168 e. The standard InChI is InChI=1S/C14H21F2N3S/c1-4-17-12-10(15)9-11(16)13(18-12)19-6-5-14(2,3)20-8-7-19/h9H,4-8H2,1-3H3,(H,17,18). The molecule has 0 radical (unpaired) electrons. The molecule has 1 fully saturated rings. The molecule has 2 heterocycles. The molecule has 0 saturated carbocycles. The molecule has 1 aromatic rings. The summed E-state index contributed by atoms with van der Waals surface area (Å²) < 4.78 is 27.8. The Balaban J connectivity index is 2.25. The number of nitrogens with one attached hydrogen (secondary N) is 1. The Morgan fingerprint density at radius 3 is 2.80 bits per heavy atom. The third-order valence-corrected chi connectivity index (χ3v) is 4.76. The van der Waals surface area contributed by atoms with Crippen LogP contribution >= 0.6 is 11.8 Å². The fourth-order valence-corrected chi connectivity index (χ4v) is 3.30. The largest absolute Gasteiger partial charge is 0.368 e. The maximum atomic E-state index is 14.0. The van der Waals surface area contributed by atoms with Crippen molar-refractivity contribution in [3.63, 3.8) is 0 Å². The highest BCUT2D eigenvalue weighted by Crippen LogP contribution is 2.33. The summed E-state index contributed by atoms with van der Waals surface area (Å²) >= 11 is 1.88. The molecule has 1 aromatic heterocycles. The van der Waals surface area contributed by atoms with Crippen LogP contribution in [-0.4, -0.2) is 35.1 Å². The average Bonchev–Trinajstić information content (AvgIpc) is 2.54. The number of aromatic nitrogens is 1. The van der Waals surface area contributed by atoms with E-state index in [1.165, 1.54) is 0 Å². The zero-order valence-corrected chi connectivity index (χ0v) is 13.0. The summed E-state index contributed by atoms with van der Waals surface area (Å²) in [4.78, 5) is 6.04. The average molecular weight is 301 g/mol. The second kappa shape index (κ2) is 6.16. The van der Waals surface area contributed by atoms with Gasteiger partial charge >= 0.3 is 0 Å². The zero-order valence-electron chi connectivity index (χ0n) is 12.2. The van der Waals surface area contributed by atoms with Gasteiger partial charge in [-0.3, -0.25) is 0 Å². The van der Waals surface area contributed by atoms with E-state index in [2.05, 4.69) is 24.1 Å². The van der Waals surface area contributed by atoms with Crippen LogP contribution in [-0.2, 0) is 0 Å². The van der Waals surface area contributed by atoms with Crippen LogP contribution in [0.2, 0.25) is 0 Å². The molecule has 2 rings (SSSR count). The summed E-state index contributed by atoms with van der Waals surface area (Å²) in [6.07, 6.45) is 0.951. The number of nitrogens with zero attached hydrogens (tertiary/aromatic N) is 2. The Kier molecular flexibility index (Phi) is 4.73. The normalized spacial score (nSPS) is 18.8. The highest BCUT2D eigenvalue weighted by molar-refractivity contribution is 8.00. The van der Waals surface area contributed by atoms with Gasteiger partial charge in [-0.25, -0.2) is 13.8 Å². The molecule has 0 bridgehead atoms. The van der Waals surface area contributed by atoms with E-state index in [0.29, 0.717) is 6.54 Å². The van der Waals surface area contributed by atoms with Gasteiger partial charge in [0.05, 0.1) is 0 Å². The molecule has 1 saturated heterocycles. The Labute approximate surface area is 123 Å². The molecule has 20 heavy (non-hydrogen) atoms. The lowest BCUT2D eigenvalue weighted by Crippen LogP contribution is -2.29. The van der Waals surface area contributed by atoms with Gasteiger partial charge in [-0.1, -0.05) is 13.8 Å². The van der Waals surface area contributed by atoms with Crippen molar-refractivity contribution in [3.05, 3.63) is 17.7 Å². The van der Waals surface area contributed by atoms with Crippen LogP contribution in [0.25, 0.3) is 0 Å². The van der Waals surface area contributed by atoms with Crippen molar-refractivity contribution < 1.29 is 8.78 Å². The molecular weight excluding hydrogens is 280 g/mol. The van der Waals surface area contributed by atoms with Crippen LogP contribution in [0, 0.1) is 11.6 Å². The van der Waals surface area contributed by atoms with Crippen molar-refractivity contribution in [2.45, 2.75) is 31.9 Å². The van der Waals surface area contributed by atoms with Gasteiger partial charge in [0.15, 0.2) is 23.3 Å². The first-order chi connectivity index (χ1) is 9.43. The third-order valence-electron chi connectivity index (χ3n) is 3.39. The molecule has 0 spiro atoms. The first-order valence-corrected chi connectivity index (χ1v) is 7.90. The van der Waals surface area contributed by atoms with Gasteiger partial charge in [0.1, 0.15) is 0 Å². The first kappa shape index (κ1) is 15.4. The summed E-state index contributed by atoms with van der Waals surface area (Å²) in [5.41, 5.74) is 0. The lowest BCUT2D eigenvalue weighted by atomic mass is 10.1. The number of pyridine rings is 1. The van der Waals surface area contributed by atoms with E-state index < -0.39 is 11.6 Å². The highest BCUT2D eigenvalue weighted by atomic mass is 32.2. The first-order valence-electron chi connectivity index (χ1n) is 6.92. The predicted octanol–water partition coefficient (Wildman–Crippen LogP) is 3.51. The number of anilines is 2. The lowest BCUT2D eigenvalue weighted by molar-refractivity contribution is 0.564. The molecule has 3 nitrogen and oxygen atoms in total. The van der Waals surface area contributed by atoms with E-state index in [4.69, 9.17) is 0 Å². The van der Waals surface area contributed by atoms with Gasteiger partial charge in [-0.05, 0) is 13.3 Å². The van der Waals surface area contributed by atoms with Gasteiger partial charge in [0.25, 0.3) is 0 Å². The molecule has 1 aliphatic heterocycles. The molecular formula is C14H21F2N3S. The number of halogens is 2. The van der Waals surface area contributed by atoms with Crippen molar-refractivity contribution in [3.8, 4) is 0 Å². The molecule has 1 aliphatic rings. The van der Waals surface area contributed by atoms with Gasteiger partial charge < -0.3 is 10.2 Å². The highest BCUT2D eigenvalue weighted by Gasteiger charge is 2.26. The number of hydrogen-bond donors (Lipinski definition) is 1. The van der Waals surface area contributed by atoms with E-state index in [1.807, 2.05) is 23.6 Å².